The van der Waals surface area contributed by atoms with E-state index >= 15 is 0 Å². The highest BCUT2D eigenvalue weighted by Crippen LogP contribution is 2.11. The number of rotatable bonds is 13. The Morgan fingerprint density at radius 2 is 1.74 bits per heavy atom. The standard InChI is InChI=1S/C13H27NO5/c1-4-5-13(2,12(15)16)14-6-7-18-10-11-19-9-8-17-3/h14H,4-11H2,1-3H3,(H,15,16). The Morgan fingerprint density at radius 3 is 2.26 bits per heavy atom. The summed E-state index contributed by atoms with van der Waals surface area (Å²) in [4.78, 5) is 11.1. The molecule has 1 atom stereocenters. The molecular formula is C13H27NO5. The lowest BCUT2D eigenvalue weighted by Crippen LogP contribution is -2.50. The van der Waals surface area contributed by atoms with Crippen molar-refractivity contribution >= 4 is 5.97 Å². The van der Waals surface area contributed by atoms with Crippen LogP contribution in [0.1, 0.15) is 26.7 Å². The van der Waals surface area contributed by atoms with Crippen molar-refractivity contribution in [3.05, 3.63) is 0 Å². The second-order valence-electron chi connectivity index (χ2n) is 4.53. The van der Waals surface area contributed by atoms with Crippen LogP contribution < -0.4 is 5.32 Å². The monoisotopic (exact) mass is 277 g/mol. The number of hydrogen-bond donors (Lipinski definition) is 2. The van der Waals surface area contributed by atoms with Gasteiger partial charge in [-0.3, -0.25) is 10.1 Å². The van der Waals surface area contributed by atoms with Crippen LogP contribution in [0.2, 0.25) is 0 Å². The van der Waals surface area contributed by atoms with E-state index in [1.54, 1.807) is 14.0 Å². The molecule has 0 heterocycles. The van der Waals surface area contributed by atoms with E-state index in [1.807, 2.05) is 6.92 Å². The van der Waals surface area contributed by atoms with Gasteiger partial charge in [0.25, 0.3) is 0 Å². The first kappa shape index (κ1) is 18.3. The van der Waals surface area contributed by atoms with Gasteiger partial charge in [-0.1, -0.05) is 13.3 Å². The molecule has 0 saturated heterocycles. The van der Waals surface area contributed by atoms with Crippen LogP contribution in [0.3, 0.4) is 0 Å². The maximum atomic E-state index is 11.1. The molecule has 0 spiro atoms. The van der Waals surface area contributed by atoms with Crippen molar-refractivity contribution in [2.75, 3.05) is 46.7 Å². The maximum absolute atomic E-state index is 11.1. The minimum absolute atomic E-state index is 0.472. The Labute approximate surface area is 115 Å². The van der Waals surface area contributed by atoms with Gasteiger partial charge in [-0.15, -0.1) is 0 Å². The van der Waals surface area contributed by atoms with Crippen LogP contribution in [0.4, 0.5) is 0 Å². The van der Waals surface area contributed by atoms with E-state index in [4.69, 9.17) is 19.3 Å². The van der Waals surface area contributed by atoms with Crippen LogP contribution in [0.25, 0.3) is 0 Å². The van der Waals surface area contributed by atoms with E-state index in [1.165, 1.54) is 0 Å². The van der Waals surface area contributed by atoms with Crippen molar-refractivity contribution < 1.29 is 24.1 Å². The summed E-state index contributed by atoms with van der Waals surface area (Å²) in [5.41, 5.74) is -0.868. The van der Waals surface area contributed by atoms with Crippen LogP contribution in [0.5, 0.6) is 0 Å². The van der Waals surface area contributed by atoms with Gasteiger partial charge in [0.1, 0.15) is 5.54 Å². The van der Waals surface area contributed by atoms with Crippen molar-refractivity contribution in [1.29, 1.82) is 0 Å². The molecular weight excluding hydrogens is 250 g/mol. The summed E-state index contributed by atoms with van der Waals surface area (Å²) in [6.07, 6.45) is 1.42. The molecule has 0 aromatic carbocycles. The second kappa shape index (κ2) is 11.2. The SMILES string of the molecule is CCCC(C)(NCCOCCOCCOC)C(=O)O. The molecule has 1 unspecified atom stereocenters. The van der Waals surface area contributed by atoms with Gasteiger partial charge in [0.15, 0.2) is 0 Å². The number of hydrogen-bond acceptors (Lipinski definition) is 5. The van der Waals surface area contributed by atoms with Crippen molar-refractivity contribution in [3.63, 3.8) is 0 Å². The number of methoxy groups -OCH3 is 1. The molecule has 19 heavy (non-hydrogen) atoms. The quantitative estimate of drug-likeness (QED) is 0.487. The van der Waals surface area contributed by atoms with E-state index < -0.39 is 11.5 Å². The predicted molar refractivity (Wildman–Crippen MR) is 72.5 cm³/mol. The molecule has 114 valence electrons. The molecule has 0 rings (SSSR count). The third-order valence-electron chi connectivity index (χ3n) is 2.79. The summed E-state index contributed by atoms with van der Waals surface area (Å²) in [7, 11) is 1.63. The maximum Gasteiger partial charge on any atom is 0.323 e. The normalized spacial score (nSPS) is 14.3. The summed E-state index contributed by atoms with van der Waals surface area (Å²) >= 11 is 0. The number of carboxylic acids is 1. The molecule has 6 nitrogen and oxygen atoms in total. The smallest absolute Gasteiger partial charge is 0.323 e. The van der Waals surface area contributed by atoms with E-state index in [2.05, 4.69) is 5.32 Å². The Kier molecular flexibility index (Phi) is 10.8. The van der Waals surface area contributed by atoms with E-state index in [9.17, 15) is 4.79 Å². The number of nitrogens with one attached hydrogen (secondary N) is 1. The van der Waals surface area contributed by atoms with Gasteiger partial charge in [-0.25, -0.2) is 0 Å². The van der Waals surface area contributed by atoms with Crippen LogP contribution in [0, 0.1) is 0 Å². The highest BCUT2D eigenvalue weighted by atomic mass is 16.5. The number of carbonyl (C=O) groups is 1. The third-order valence-corrected chi connectivity index (χ3v) is 2.79. The van der Waals surface area contributed by atoms with Gasteiger partial charge in [-0.05, 0) is 13.3 Å². The summed E-state index contributed by atoms with van der Waals surface area (Å²) in [6, 6.07) is 0. The Balaban J connectivity index is 3.53. The molecule has 0 fully saturated rings. The first-order valence-electron chi connectivity index (χ1n) is 6.69. The molecule has 0 amide bonds. The first-order chi connectivity index (χ1) is 9.06. The summed E-state index contributed by atoms with van der Waals surface area (Å²) < 4.78 is 15.4. The lowest BCUT2D eigenvalue weighted by Gasteiger charge is -2.25. The average Bonchev–Trinajstić information content (AvgIpc) is 2.37. The molecule has 0 aliphatic rings. The average molecular weight is 277 g/mol. The summed E-state index contributed by atoms with van der Waals surface area (Å²) in [5.74, 6) is -0.822. The number of aliphatic carboxylic acids is 1. The predicted octanol–water partition coefficient (Wildman–Crippen LogP) is 0.899. The first-order valence-corrected chi connectivity index (χ1v) is 6.69. The van der Waals surface area contributed by atoms with Crippen LogP contribution in [0.15, 0.2) is 0 Å². The van der Waals surface area contributed by atoms with Crippen molar-refractivity contribution in [1.82, 2.24) is 5.32 Å². The Hall–Kier alpha value is -0.690. The van der Waals surface area contributed by atoms with Crippen molar-refractivity contribution in [2.24, 2.45) is 0 Å². The van der Waals surface area contributed by atoms with E-state index in [0.29, 0.717) is 46.0 Å². The topological polar surface area (TPSA) is 77.0 Å². The van der Waals surface area contributed by atoms with Gasteiger partial charge in [0, 0.05) is 13.7 Å². The highest BCUT2D eigenvalue weighted by molar-refractivity contribution is 5.78. The zero-order valence-corrected chi connectivity index (χ0v) is 12.2. The van der Waals surface area contributed by atoms with Gasteiger partial charge in [0.05, 0.1) is 33.0 Å². The summed E-state index contributed by atoms with van der Waals surface area (Å²) in [5, 5.41) is 12.2. The molecule has 0 aliphatic carbocycles. The largest absolute Gasteiger partial charge is 0.480 e. The van der Waals surface area contributed by atoms with Crippen molar-refractivity contribution in [3.8, 4) is 0 Å². The lowest BCUT2D eigenvalue weighted by molar-refractivity contribution is -0.144. The third kappa shape index (κ3) is 8.93. The molecule has 0 radical (unpaired) electrons. The van der Waals surface area contributed by atoms with Gasteiger partial charge in [-0.2, -0.15) is 0 Å². The van der Waals surface area contributed by atoms with E-state index in [-0.39, 0.29) is 0 Å². The molecule has 0 aromatic heterocycles. The Bertz CT molecular complexity index is 237. The van der Waals surface area contributed by atoms with Crippen molar-refractivity contribution in [2.45, 2.75) is 32.2 Å². The molecule has 0 saturated carbocycles. The highest BCUT2D eigenvalue weighted by Gasteiger charge is 2.30. The fourth-order valence-electron chi connectivity index (χ4n) is 1.63. The minimum atomic E-state index is -0.868. The van der Waals surface area contributed by atoms with Crippen LogP contribution in [-0.2, 0) is 19.0 Å². The Morgan fingerprint density at radius 1 is 1.16 bits per heavy atom. The van der Waals surface area contributed by atoms with Crippen LogP contribution >= 0.6 is 0 Å². The van der Waals surface area contributed by atoms with Crippen LogP contribution in [-0.4, -0.2) is 63.3 Å². The van der Waals surface area contributed by atoms with Gasteiger partial charge < -0.3 is 19.3 Å². The summed E-state index contributed by atoms with van der Waals surface area (Å²) in [6.45, 7) is 6.82. The van der Waals surface area contributed by atoms with Gasteiger partial charge in [0.2, 0.25) is 0 Å². The fourth-order valence-corrected chi connectivity index (χ4v) is 1.63. The molecule has 0 aliphatic heterocycles. The molecule has 0 bridgehead atoms. The molecule has 0 aromatic rings. The molecule has 2 N–H and O–H groups in total. The zero-order chi connectivity index (χ0) is 14.6. The van der Waals surface area contributed by atoms with Gasteiger partial charge >= 0.3 is 5.97 Å². The number of ether oxygens (including phenoxy) is 3. The zero-order valence-electron chi connectivity index (χ0n) is 12.2. The lowest BCUT2D eigenvalue weighted by atomic mass is 9.96. The fraction of sp³-hybridized carbons (Fsp3) is 0.923. The molecule has 6 heteroatoms. The minimum Gasteiger partial charge on any atom is -0.480 e. The number of carboxylic acid groups (broad SMARTS) is 1. The second-order valence-corrected chi connectivity index (χ2v) is 4.53. The van der Waals surface area contributed by atoms with E-state index in [0.717, 1.165) is 6.42 Å².